The van der Waals surface area contributed by atoms with Crippen LogP contribution in [0.2, 0.25) is 0 Å². The van der Waals surface area contributed by atoms with Gasteiger partial charge in [-0.1, -0.05) is 24.3 Å². The number of carbonyl (C=O) groups is 1. The zero-order valence-corrected chi connectivity index (χ0v) is 13.8. The molecule has 2 aromatic carbocycles. The summed E-state index contributed by atoms with van der Waals surface area (Å²) in [7, 11) is 3.37. The molecular formula is C16H16INO2. The second-order valence-corrected chi connectivity index (χ2v) is 5.55. The summed E-state index contributed by atoms with van der Waals surface area (Å²) in [6.45, 7) is 2.00. The van der Waals surface area contributed by atoms with E-state index in [1.165, 1.54) is 0 Å². The summed E-state index contributed by atoms with van der Waals surface area (Å²) in [6.07, 6.45) is 0. The number of aryl methyl sites for hydroxylation is 1. The quantitative estimate of drug-likeness (QED) is 0.756. The molecule has 0 saturated carbocycles. The van der Waals surface area contributed by atoms with Crippen LogP contribution >= 0.6 is 22.6 Å². The molecule has 0 aliphatic rings. The van der Waals surface area contributed by atoms with Gasteiger partial charge < -0.3 is 9.64 Å². The summed E-state index contributed by atoms with van der Waals surface area (Å²) in [6, 6.07) is 13.3. The summed E-state index contributed by atoms with van der Waals surface area (Å²) < 4.78 is 6.29. The average Bonchev–Trinajstić information content (AvgIpc) is 2.48. The van der Waals surface area contributed by atoms with E-state index in [0.29, 0.717) is 11.3 Å². The molecule has 104 valence electrons. The van der Waals surface area contributed by atoms with Gasteiger partial charge in [-0.25, -0.2) is 0 Å². The standard InChI is InChI=1S/C16H16INO2/c1-11-7-6-8-12(15(11)17)16(19)18(2)13-9-4-5-10-14(13)20-3/h4-10H,1-3H3. The maximum absolute atomic E-state index is 12.7. The Bertz CT molecular complexity index is 640. The first kappa shape index (κ1) is 14.8. The Morgan fingerprint density at radius 1 is 1.15 bits per heavy atom. The van der Waals surface area contributed by atoms with Gasteiger partial charge in [0.05, 0.1) is 18.4 Å². The maximum Gasteiger partial charge on any atom is 0.259 e. The molecule has 20 heavy (non-hydrogen) atoms. The zero-order valence-electron chi connectivity index (χ0n) is 11.7. The van der Waals surface area contributed by atoms with Crippen LogP contribution < -0.4 is 9.64 Å². The van der Waals surface area contributed by atoms with Gasteiger partial charge in [0, 0.05) is 10.6 Å². The number of benzene rings is 2. The van der Waals surface area contributed by atoms with Crippen molar-refractivity contribution in [1.29, 1.82) is 0 Å². The van der Waals surface area contributed by atoms with Crippen molar-refractivity contribution in [3.63, 3.8) is 0 Å². The molecule has 0 aliphatic carbocycles. The topological polar surface area (TPSA) is 29.5 Å². The average molecular weight is 381 g/mol. The molecule has 0 radical (unpaired) electrons. The Kier molecular flexibility index (Phi) is 4.65. The number of hydrogen-bond acceptors (Lipinski definition) is 2. The van der Waals surface area contributed by atoms with E-state index in [2.05, 4.69) is 22.6 Å². The predicted octanol–water partition coefficient (Wildman–Crippen LogP) is 3.88. The van der Waals surface area contributed by atoms with Gasteiger partial charge in [-0.2, -0.15) is 0 Å². The van der Waals surface area contributed by atoms with Crippen LogP contribution in [-0.2, 0) is 0 Å². The summed E-state index contributed by atoms with van der Waals surface area (Å²) in [5, 5.41) is 0. The van der Waals surface area contributed by atoms with Gasteiger partial charge in [-0.3, -0.25) is 4.79 Å². The minimum atomic E-state index is -0.0393. The van der Waals surface area contributed by atoms with E-state index in [9.17, 15) is 4.79 Å². The molecule has 0 bridgehead atoms. The van der Waals surface area contributed by atoms with Crippen LogP contribution in [-0.4, -0.2) is 20.1 Å². The van der Waals surface area contributed by atoms with E-state index in [4.69, 9.17) is 4.74 Å². The molecule has 0 heterocycles. The van der Waals surface area contributed by atoms with Crippen molar-refractivity contribution < 1.29 is 9.53 Å². The van der Waals surface area contributed by atoms with Crippen LogP contribution in [0, 0.1) is 10.5 Å². The molecular weight excluding hydrogens is 365 g/mol. The van der Waals surface area contributed by atoms with Crippen LogP contribution in [0.5, 0.6) is 5.75 Å². The Balaban J connectivity index is 2.40. The van der Waals surface area contributed by atoms with Gasteiger partial charge >= 0.3 is 0 Å². The van der Waals surface area contributed by atoms with Gasteiger partial charge in [0.15, 0.2) is 0 Å². The van der Waals surface area contributed by atoms with Crippen molar-refractivity contribution >= 4 is 34.2 Å². The number of hydrogen-bond donors (Lipinski definition) is 0. The van der Waals surface area contributed by atoms with Gasteiger partial charge in [-0.05, 0) is 53.3 Å². The summed E-state index contributed by atoms with van der Waals surface area (Å²) in [5.41, 5.74) is 2.57. The number of ether oxygens (including phenoxy) is 1. The van der Waals surface area contributed by atoms with Crippen molar-refractivity contribution in [2.75, 3.05) is 19.1 Å². The molecule has 0 atom stereocenters. The fourth-order valence-electron chi connectivity index (χ4n) is 2.01. The Morgan fingerprint density at radius 2 is 1.85 bits per heavy atom. The third-order valence-corrected chi connectivity index (χ3v) is 4.61. The molecule has 0 spiro atoms. The van der Waals surface area contributed by atoms with E-state index in [0.717, 1.165) is 14.8 Å². The highest BCUT2D eigenvalue weighted by atomic mass is 127. The number of rotatable bonds is 3. The zero-order chi connectivity index (χ0) is 14.7. The predicted molar refractivity (Wildman–Crippen MR) is 89.6 cm³/mol. The largest absolute Gasteiger partial charge is 0.495 e. The summed E-state index contributed by atoms with van der Waals surface area (Å²) >= 11 is 2.21. The molecule has 0 saturated heterocycles. The lowest BCUT2D eigenvalue weighted by Crippen LogP contribution is -2.27. The fraction of sp³-hybridized carbons (Fsp3) is 0.188. The monoisotopic (exact) mass is 381 g/mol. The van der Waals surface area contributed by atoms with E-state index < -0.39 is 0 Å². The number of amides is 1. The molecule has 0 N–H and O–H groups in total. The summed E-state index contributed by atoms with van der Waals surface area (Å²) in [4.78, 5) is 14.3. The first-order valence-electron chi connectivity index (χ1n) is 6.22. The molecule has 2 rings (SSSR count). The van der Waals surface area contributed by atoms with Crippen molar-refractivity contribution in [1.82, 2.24) is 0 Å². The third kappa shape index (κ3) is 2.80. The van der Waals surface area contributed by atoms with E-state index in [1.54, 1.807) is 19.1 Å². The first-order valence-corrected chi connectivity index (χ1v) is 7.30. The SMILES string of the molecule is COc1ccccc1N(C)C(=O)c1cccc(C)c1I. The summed E-state index contributed by atoms with van der Waals surface area (Å²) in [5.74, 6) is 0.647. The third-order valence-electron chi connectivity index (χ3n) is 3.17. The lowest BCUT2D eigenvalue weighted by atomic mass is 10.1. The Labute approximate surface area is 132 Å². The molecule has 0 fully saturated rings. The fourth-order valence-corrected chi connectivity index (χ4v) is 2.60. The van der Waals surface area contributed by atoms with Crippen LogP contribution in [0.1, 0.15) is 15.9 Å². The molecule has 0 aromatic heterocycles. The molecule has 4 heteroatoms. The van der Waals surface area contributed by atoms with E-state index in [1.807, 2.05) is 49.4 Å². The number of para-hydroxylation sites is 2. The Morgan fingerprint density at radius 3 is 2.55 bits per heavy atom. The molecule has 0 unspecified atom stereocenters. The number of nitrogens with zero attached hydrogens (tertiary/aromatic N) is 1. The number of carbonyl (C=O) groups excluding carboxylic acids is 1. The van der Waals surface area contributed by atoms with Gasteiger partial charge in [0.25, 0.3) is 5.91 Å². The van der Waals surface area contributed by atoms with Crippen LogP contribution in [0.25, 0.3) is 0 Å². The minimum Gasteiger partial charge on any atom is -0.495 e. The van der Waals surface area contributed by atoms with Crippen LogP contribution in [0.3, 0.4) is 0 Å². The highest BCUT2D eigenvalue weighted by molar-refractivity contribution is 14.1. The smallest absolute Gasteiger partial charge is 0.259 e. The molecule has 0 aliphatic heterocycles. The van der Waals surface area contributed by atoms with E-state index >= 15 is 0 Å². The lowest BCUT2D eigenvalue weighted by Gasteiger charge is -2.20. The number of methoxy groups -OCH3 is 1. The highest BCUT2D eigenvalue weighted by Crippen LogP contribution is 2.28. The Hall–Kier alpha value is -1.56. The van der Waals surface area contributed by atoms with Crippen molar-refractivity contribution in [3.05, 3.63) is 57.2 Å². The van der Waals surface area contributed by atoms with Gasteiger partial charge in [0.1, 0.15) is 5.75 Å². The maximum atomic E-state index is 12.7. The van der Waals surface area contributed by atoms with Gasteiger partial charge in [0.2, 0.25) is 0 Å². The second-order valence-electron chi connectivity index (χ2n) is 4.47. The normalized spacial score (nSPS) is 10.2. The molecule has 1 amide bonds. The first-order chi connectivity index (χ1) is 9.56. The molecule has 3 nitrogen and oxygen atoms in total. The molecule has 2 aromatic rings. The van der Waals surface area contributed by atoms with E-state index in [-0.39, 0.29) is 5.91 Å². The van der Waals surface area contributed by atoms with Crippen molar-refractivity contribution in [2.45, 2.75) is 6.92 Å². The van der Waals surface area contributed by atoms with Gasteiger partial charge in [-0.15, -0.1) is 0 Å². The minimum absolute atomic E-state index is 0.0393. The van der Waals surface area contributed by atoms with Crippen molar-refractivity contribution in [2.24, 2.45) is 0 Å². The van der Waals surface area contributed by atoms with Crippen LogP contribution in [0.4, 0.5) is 5.69 Å². The second kappa shape index (κ2) is 6.26. The highest BCUT2D eigenvalue weighted by Gasteiger charge is 2.19. The van der Waals surface area contributed by atoms with Crippen LogP contribution in [0.15, 0.2) is 42.5 Å². The number of anilines is 1. The lowest BCUT2D eigenvalue weighted by molar-refractivity contribution is 0.0991. The number of halogens is 1. The van der Waals surface area contributed by atoms with Crippen molar-refractivity contribution in [3.8, 4) is 5.75 Å².